The number of nitrogens with zero attached hydrogens (tertiary/aromatic N) is 4. The molecule has 0 unspecified atom stereocenters. The van der Waals surface area contributed by atoms with E-state index in [1.165, 1.54) is 6.33 Å². The third-order valence-corrected chi connectivity index (χ3v) is 3.77. The zero-order valence-electron chi connectivity index (χ0n) is 13.9. The monoisotopic (exact) mass is 356 g/mol. The van der Waals surface area contributed by atoms with Crippen LogP contribution in [0.4, 0.5) is 13.2 Å². The van der Waals surface area contributed by atoms with Gasteiger partial charge in [-0.3, -0.25) is 4.98 Å². The molecule has 3 aromatic rings. The van der Waals surface area contributed by atoms with E-state index in [9.17, 15) is 13.2 Å². The summed E-state index contributed by atoms with van der Waals surface area (Å²) in [6, 6.07) is 7.18. The molecule has 0 aliphatic carbocycles. The average Bonchev–Trinajstić information content (AvgIpc) is 3.08. The third-order valence-electron chi connectivity index (χ3n) is 3.77. The van der Waals surface area contributed by atoms with E-state index in [1.54, 1.807) is 29.9 Å². The quantitative estimate of drug-likeness (QED) is 0.627. The molecule has 3 rings (SSSR count). The van der Waals surface area contributed by atoms with E-state index in [2.05, 4.69) is 21.6 Å². The highest BCUT2D eigenvalue weighted by Crippen LogP contribution is 2.32. The smallest absolute Gasteiger partial charge is 0.256 e. The molecule has 0 aromatic carbocycles. The zero-order chi connectivity index (χ0) is 18.7. The third kappa shape index (κ3) is 3.56. The molecule has 26 heavy (non-hydrogen) atoms. The van der Waals surface area contributed by atoms with Crippen molar-refractivity contribution in [3.05, 3.63) is 79.1 Å². The fourth-order valence-corrected chi connectivity index (χ4v) is 2.59. The Labute approximate surface area is 148 Å². The van der Waals surface area contributed by atoms with Gasteiger partial charge in [0.15, 0.2) is 5.65 Å². The Kier molecular flexibility index (Phi) is 4.71. The van der Waals surface area contributed by atoms with Crippen molar-refractivity contribution in [2.45, 2.75) is 13.1 Å². The van der Waals surface area contributed by atoms with Gasteiger partial charge in [-0.15, -0.1) is 0 Å². The molecule has 0 saturated carbocycles. The Morgan fingerprint density at radius 3 is 2.77 bits per heavy atom. The maximum Gasteiger partial charge on any atom is 0.416 e. The van der Waals surface area contributed by atoms with Crippen molar-refractivity contribution >= 4 is 11.2 Å². The van der Waals surface area contributed by atoms with E-state index >= 15 is 0 Å². The number of allylic oxidation sites excluding steroid dienone is 5. The first-order valence-corrected chi connectivity index (χ1v) is 7.73. The second-order valence-electron chi connectivity index (χ2n) is 5.56. The van der Waals surface area contributed by atoms with E-state index in [0.29, 0.717) is 22.5 Å². The summed E-state index contributed by atoms with van der Waals surface area (Å²) in [5.41, 5.74) is 2.23. The maximum absolute atomic E-state index is 13.1. The van der Waals surface area contributed by atoms with Crippen LogP contribution in [0.15, 0.2) is 73.4 Å². The molecule has 0 saturated heterocycles. The number of halogens is 3. The SMILES string of the molecule is C=C/C=C(\C=C(/C)c1ncccc1-c1ccn2ncnc2c1)C(F)(F)F. The molecular weight excluding hydrogens is 341 g/mol. The molecule has 3 heterocycles. The van der Waals surface area contributed by atoms with Gasteiger partial charge in [0, 0.05) is 18.0 Å². The zero-order valence-corrected chi connectivity index (χ0v) is 13.9. The number of fused-ring (bicyclic) bond motifs is 1. The van der Waals surface area contributed by atoms with Gasteiger partial charge in [-0.25, -0.2) is 9.50 Å². The molecule has 4 nitrogen and oxygen atoms in total. The largest absolute Gasteiger partial charge is 0.416 e. The summed E-state index contributed by atoms with van der Waals surface area (Å²) in [7, 11) is 0. The van der Waals surface area contributed by atoms with E-state index in [4.69, 9.17) is 0 Å². The Morgan fingerprint density at radius 2 is 2.04 bits per heavy atom. The maximum atomic E-state index is 13.1. The summed E-state index contributed by atoms with van der Waals surface area (Å²) in [5.74, 6) is 0. The van der Waals surface area contributed by atoms with Crippen LogP contribution in [0, 0.1) is 0 Å². The first-order chi connectivity index (χ1) is 12.4. The normalized spacial score (nSPS) is 13.2. The molecule has 0 atom stereocenters. The van der Waals surface area contributed by atoms with Crippen molar-refractivity contribution in [2.75, 3.05) is 0 Å². The van der Waals surface area contributed by atoms with Crippen LogP contribution in [0.25, 0.3) is 22.3 Å². The van der Waals surface area contributed by atoms with Gasteiger partial charge in [-0.2, -0.15) is 18.3 Å². The number of pyridine rings is 2. The van der Waals surface area contributed by atoms with Crippen LogP contribution < -0.4 is 0 Å². The fourth-order valence-electron chi connectivity index (χ4n) is 2.59. The second-order valence-corrected chi connectivity index (χ2v) is 5.56. The Morgan fingerprint density at radius 1 is 1.23 bits per heavy atom. The minimum Gasteiger partial charge on any atom is -0.256 e. The fraction of sp³-hybridized carbons (Fsp3) is 0.105. The molecule has 0 fully saturated rings. The number of alkyl halides is 3. The standard InChI is InChI=1S/C19H15F3N4/c1-3-5-15(19(20,21)22)10-13(2)18-16(6-4-8-23-18)14-7-9-26-17(11-14)24-12-25-26/h3-12H,1H2,2H3/b13-10+,15-5+. The van der Waals surface area contributed by atoms with E-state index in [-0.39, 0.29) is 0 Å². The predicted molar refractivity (Wildman–Crippen MR) is 94.2 cm³/mol. The summed E-state index contributed by atoms with van der Waals surface area (Å²) in [6.45, 7) is 4.95. The van der Waals surface area contributed by atoms with Crippen LogP contribution in [0.1, 0.15) is 12.6 Å². The molecule has 0 aliphatic heterocycles. The number of aromatic nitrogens is 4. The lowest BCUT2D eigenvalue weighted by Gasteiger charge is -2.12. The van der Waals surface area contributed by atoms with Gasteiger partial charge in [0.1, 0.15) is 6.33 Å². The van der Waals surface area contributed by atoms with Crippen LogP contribution in [0.3, 0.4) is 0 Å². The van der Waals surface area contributed by atoms with Crippen molar-refractivity contribution in [3.63, 3.8) is 0 Å². The minimum atomic E-state index is -4.47. The lowest BCUT2D eigenvalue weighted by molar-refractivity contribution is -0.0881. The van der Waals surface area contributed by atoms with Gasteiger partial charge in [0.25, 0.3) is 0 Å². The molecule has 7 heteroatoms. The van der Waals surface area contributed by atoms with Crippen LogP contribution in [-0.4, -0.2) is 25.8 Å². The highest BCUT2D eigenvalue weighted by atomic mass is 19.4. The van der Waals surface area contributed by atoms with Gasteiger partial charge >= 0.3 is 6.18 Å². The molecule has 0 bridgehead atoms. The summed E-state index contributed by atoms with van der Waals surface area (Å²) in [5, 5.41) is 4.03. The summed E-state index contributed by atoms with van der Waals surface area (Å²) in [4.78, 5) is 8.42. The molecular formula is C19H15F3N4. The summed E-state index contributed by atoms with van der Waals surface area (Å²) < 4.78 is 41.0. The van der Waals surface area contributed by atoms with E-state index in [1.807, 2.05) is 18.2 Å². The van der Waals surface area contributed by atoms with E-state index < -0.39 is 11.7 Å². The molecule has 3 aromatic heterocycles. The number of hydrogen-bond acceptors (Lipinski definition) is 3. The van der Waals surface area contributed by atoms with Crippen molar-refractivity contribution < 1.29 is 13.2 Å². The lowest BCUT2D eigenvalue weighted by Crippen LogP contribution is -2.10. The number of hydrogen-bond donors (Lipinski definition) is 0. The van der Waals surface area contributed by atoms with Crippen molar-refractivity contribution in [2.24, 2.45) is 0 Å². The van der Waals surface area contributed by atoms with Gasteiger partial charge < -0.3 is 0 Å². The highest BCUT2D eigenvalue weighted by Gasteiger charge is 2.31. The van der Waals surface area contributed by atoms with Crippen LogP contribution in [-0.2, 0) is 0 Å². The summed E-state index contributed by atoms with van der Waals surface area (Å²) in [6.07, 6.45) is 3.39. The van der Waals surface area contributed by atoms with Crippen molar-refractivity contribution in [1.29, 1.82) is 0 Å². The second kappa shape index (κ2) is 6.95. The van der Waals surface area contributed by atoms with Gasteiger partial charge in [-0.1, -0.05) is 24.8 Å². The molecule has 0 radical (unpaired) electrons. The van der Waals surface area contributed by atoms with Crippen LogP contribution >= 0.6 is 0 Å². The highest BCUT2D eigenvalue weighted by molar-refractivity contribution is 5.80. The van der Waals surface area contributed by atoms with Crippen LogP contribution in [0.5, 0.6) is 0 Å². The van der Waals surface area contributed by atoms with Gasteiger partial charge in [0.05, 0.1) is 11.3 Å². The predicted octanol–water partition coefficient (Wildman–Crippen LogP) is 4.87. The van der Waals surface area contributed by atoms with Gasteiger partial charge in [-0.05, 0) is 42.3 Å². The first-order valence-electron chi connectivity index (χ1n) is 7.73. The number of rotatable bonds is 4. The Bertz CT molecular complexity index is 1010. The molecule has 0 amide bonds. The molecule has 0 spiro atoms. The average molecular weight is 356 g/mol. The Balaban J connectivity index is 2.10. The van der Waals surface area contributed by atoms with Crippen molar-refractivity contribution in [3.8, 4) is 11.1 Å². The van der Waals surface area contributed by atoms with E-state index in [0.717, 1.165) is 23.8 Å². The van der Waals surface area contributed by atoms with Gasteiger partial charge in [0.2, 0.25) is 0 Å². The Hall–Kier alpha value is -3.22. The minimum absolute atomic E-state index is 0.396. The first kappa shape index (κ1) is 17.6. The van der Waals surface area contributed by atoms with Crippen molar-refractivity contribution in [1.82, 2.24) is 19.6 Å². The molecule has 132 valence electrons. The molecule has 0 N–H and O–H groups in total. The lowest BCUT2D eigenvalue weighted by atomic mass is 9.99. The topological polar surface area (TPSA) is 43.1 Å². The molecule has 0 aliphatic rings. The summed E-state index contributed by atoms with van der Waals surface area (Å²) >= 11 is 0. The van der Waals surface area contributed by atoms with Crippen LogP contribution in [0.2, 0.25) is 0 Å².